The Morgan fingerprint density at radius 1 is 1.17 bits per heavy atom. The standard InChI is InChI=1S/C20H21N5O3S/c1-20(2,3)15-11-25-18(21-15)29-19(23-25)27-13-8-6-12(7-9-13)16-22-17(28-24-16)14-5-4-10-26-14/h6-9,11,14H,4-5,10H2,1-3H3. The molecule has 1 saturated heterocycles. The van der Waals surface area contributed by atoms with E-state index in [9.17, 15) is 0 Å². The largest absolute Gasteiger partial charge is 0.430 e. The minimum Gasteiger partial charge on any atom is -0.430 e. The second kappa shape index (κ2) is 6.93. The lowest BCUT2D eigenvalue weighted by Gasteiger charge is -2.13. The van der Waals surface area contributed by atoms with E-state index in [1.165, 1.54) is 11.3 Å². The molecule has 1 fully saturated rings. The molecule has 4 aromatic rings. The first-order valence-corrected chi connectivity index (χ1v) is 10.4. The maximum absolute atomic E-state index is 5.89. The van der Waals surface area contributed by atoms with Gasteiger partial charge in [-0.1, -0.05) is 25.9 Å². The van der Waals surface area contributed by atoms with Gasteiger partial charge in [-0.25, -0.2) is 9.50 Å². The van der Waals surface area contributed by atoms with E-state index in [4.69, 9.17) is 14.0 Å². The van der Waals surface area contributed by atoms with Crippen molar-refractivity contribution in [3.8, 4) is 22.3 Å². The highest BCUT2D eigenvalue weighted by Crippen LogP contribution is 2.31. The molecule has 3 aromatic heterocycles. The van der Waals surface area contributed by atoms with Gasteiger partial charge in [0.1, 0.15) is 11.9 Å². The van der Waals surface area contributed by atoms with Crippen LogP contribution in [0.3, 0.4) is 0 Å². The summed E-state index contributed by atoms with van der Waals surface area (Å²) in [6.45, 7) is 7.14. The van der Waals surface area contributed by atoms with Crippen molar-refractivity contribution in [2.45, 2.75) is 45.1 Å². The molecule has 0 bridgehead atoms. The Labute approximate surface area is 171 Å². The Morgan fingerprint density at radius 2 is 2.00 bits per heavy atom. The Morgan fingerprint density at radius 3 is 2.69 bits per heavy atom. The molecule has 4 heterocycles. The van der Waals surface area contributed by atoms with Gasteiger partial charge in [-0.3, -0.25) is 0 Å². The van der Waals surface area contributed by atoms with Crippen LogP contribution < -0.4 is 4.74 Å². The van der Waals surface area contributed by atoms with Crippen molar-refractivity contribution >= 4 is 16.3 Å². The fourth-order valence-electron chi connectivity index (χ4n) is 3.11. The zero-order valence-electron chi connectivity index (χ0n) is 16.5. The van der Waals surface area contributed by atoms with Gasteiger partial charge in [0.25, 0.3) is 11.1 Å². The van der Waals surface area contributed by atoms with Crippen LogP contribution in [0, 0.1) is 0 Å². The van der Waals surface area contributed by atoms with E-state index < -0.39 is 0 Å². The molecule has 1 aliphatic heterocycles. The van der Waals surface area contributed by atoms with Crippen molar-refractivity contribution in [1.29, 1.82) is 0 Å². The van der Waals surface area contributed by atoms with E-state index in [0.29, 0.717) is 22.7 Å². The predicted octanol–water partition coefficient (Wildman–Crippen LogP) is 4.78. The lowest BCUT2D eigenvalue weighted by Crippen LogP contribution is -2.11. The van der Waals surface area contributed by atoms with E-state index in [-0.39, 0.29) is 11.5 Å². The van der Waals surface area contributed by atoms with Gasteiger partial charge in [-0.05, 0) is 48.4 Å². The summed E-state index contributed by atoms with van der Waals surface area (Å²) in [6.07, 6.45) is 3.81. The molecule has 1 aliphatic rings. The van der Waals surface area contributed by atoms with E-state index in [0.717, 1.165) is 35.7 Å². The summed E-state index contributed by atoms with van der Waals surface area (Å²) in [5.74, 6) is 1.77. The van der Waals surface area contributed by atoms with Gasteiger partial charge in [0.2, 0.25) is 10.8 Å². The van der Waals surface area contributed by atoms with E-state index in [1.807, 2.05) is 30.5 Å². The molecule has 5 rings (SSSR count). The molecule has 150 valence electrons. The number of hydrogen-bond acceptors (Lipinski definition) is 8. The second-order valence-corrected chi connectivity index (χ2v) is 8.97. The van der Waals surface area contributed by atoms with Crippen molar-refractivity contribution in [2.24, 2.45) is 0 Å². The lowest BCUT2D eigenvalue weighted by atomic mass is 9.93. The molecule has 8 nitrogen and oxygen atoms in total. The van der Waals surface area contributed by atoms with E-state index in [2.05, 4.69) is 41.0 Å². The van der Waals surface area contributed by atoms with Crippen LogP contribution in [0.25, 0.3) is 16.3 Å². The first kappa shape index (κ1) is 18.3. The summed E-state index contributed by atoms with van der Waals surface area (Å²) in [6, 6.07) is 7.52. The summed E-state index contributed by atoms with van der Waals surface area (Å²) < 4.78 is 18.6. The Bertz CT molecular complexity index is 1100. The Balaban J connectivity index is 1.30. The van der Waals surface area contributed by atoms with Crippen molar-refractivity contribution < 1.29 is 14.0 Å². The first-order valence-electron chi connectivity index (χ1n) is 9.56. The molecule has 0 aliphatic carbocycles. The molecule has 1 atom stereocenters. The molecule has 0 spiro atoms. The van der Waals surface area contributed by atoms with Gasteiger partial charge in [-0.15, -0.1) is 5.10 Å². The molecule has 0 amide bonds. The molecule has 0 saturated carbocycles. The predicted molar refractivity (Wildman–Crippen MR) is 107 cm³/mol. The molecule has 0 N–H and O–H groups in total. The van der Waals surface area contributed by atoms with E-state index in [1.54, 1.807) is 4.52 Å². The summed E-state index contributed by atoms with van der Waals surface area (Å²) in [5.41, 5.74) is 1.85. The van der Waals surface area contributed by atoms with Gasteiger partial charge in [0.05, 0.1) is 11.9 Å². The molecule has 1 aromatic carbocycles. The minimum atomic E-state index is -0.0820. The number of imidazole rings is 1. The van der Waals surface area contributed by atoms with Crippen LogP contribution in [-0.4, -0.2) is 31.3 Å². The highest BCUT2D eigenvalue weighted by Gasteiger charge is 2.24. The average molecular weight is 411 g/mol. The van der Waals surface area contributed by atoms with Crippen LogP contribution in [0.4, 0.5) is 0 Å². The molecule has 9 heteroatoms. The number of hydrogen-bond donors (Lipinski definition) is 0. The number of nitrogens with zero attached hydrogens (tertiary/aromatic N) is 5. The fraction of sp³-hybridized carbons (Fsp3) is 0.400. The molecular weight excluding hydrogens is 390 g/mol. The maximum atomic E-state index is 5.89. The second-order valence-electron chi connectivity index (χ2n) is 8.06. The fourth-order valence-corrected chi connectivity index (χ4v) is 3.87. The van der Waals surface area contributed by atoms with Gasteiger partial charge in [-0.2, -0.15) is 4.98 Å². The minimum absolute atomic E-state index is 0.0107. The molecule has 1 unspecified atom stereocenters. The summed E-state index contributed by atoms with van der Waals surface area (Å²) in [4.78, 5) is 9.91. The van der Waals surface area contributed by atoms with Crippen molar-refractivity contribution in [3.05, 3.63) is 42.0 Å². The summed E-state index contributed by atoms with van der Waals surface area (Å²) in [5, 5.41) is 9.08. The third kappa shape index (κ3) is 3.63. The number of ether oxygens (including phenoxy) is 2. The lowest BCUT2D eigenvalue weighted by molar-refractivity contribution is 0.0835. The first-order chi connectivity index (χ1) is 14.0. The summed E-state index contributed by atoms with van der Waals surface area (Å²) in [7, 11) is 0. The van der Waals surface area contributed by atoms with Crippen LogP contribution in [0.15, 0.2) is 35.0 Å². The highest BCUT2D eigenvalue weighted by molar-refractivity contribution is 7.18. The Kier molecular flexibility index (Phi) is 4.36. The summed E-state index contributed by atoms with van der Waals surface area (Å²) >= 11 is 1.41. The topological polar surface area (TPSA) is 87.6 Å². The van der Waals surface area contributed by atoms with E-state index >= 15 is 0 Å². The number of benzene rings is 1. The van der Waals surface area contributed by atoms with Crippen LogP contribution in [0.1, 0.15) is 51.3 Å². The maximum Gasteiger partial charge on any atom is 0.299 e. The van der Waals surface area contributed by atoms with Crippen LogP contribution in [0.5, 0.6) is 10.9 Å². The van der Waals surface area contributed by atoms with Gasteiger partial charge in [0.15, 0.2) is 0 Å². The van der Waals surface area contributed by atoms with Crippen LogP contribution in [0.2, 0.25) is 0 Å². The van der Waals surface area contributed by atoms with Crippen molar-refractivity contribution in [3.63, 3.8) is 0 Å². The van der Waals surface area contributed by atoms with Crippen molar-refractivity contribution in [1.82, 2.24) is 24.7 Å². The normalized spacial score (nSPS) is 17.3. The average Bonchev–Trinajstić information content (AvgIpc) is 3.44. The Hall–Kier alpha value is -2.78. The number of rotatable bonds is 4. The van der Waals surface area contributed by atoms with Gasteiger partial charge < -0.3 is 14.0 Å². The molecule has 29 heavy (non-hydrogen) atoms. The molecule has 0 radical (unpaired) electrons. The SMILES string of the molecule is CC(C)(C)c1cn2nc(Oc3ccc(-c4noc(C5CCCO5)n4)cc3)sc2n1. The quantitative estimate of drug-likeness (QED) is 0.477. The number of aromatic nitrogens is 5. The molecular formula is C20H21N5O3S. The highest BCUT2D eigenvalue weighted by atomic mass is 32.1. The van der Waals surface area contributed by atoms with Crippen LogP contribution >= 0.6 is 11.3 Å². The third-order valence-electron chi connectivity index (χ3n) is 4.76. The monoisotopic (exact) mass is 411 g/mol. The van der Waals surface area contributed by atoms with Crippen LogP contribution in [-0.2, 0) is 10.2 Å². The van der Waals surface area contributed by atoms with Gasteiger partial charge >= 0.3 is 0 Å². The zero-order valence-corrected chi connectivity index (χ0v) is 17.3. The van der Waals surface area contributed by atoms with Crippen molar-refractivity contribution in [2.75, 3.05) is 6.61 Å². The zero-order chi connectivity index (χ0) is 20.0. The smallest absolute Gasteiger partial charge is 0.299 e. The third-order valence-corrected chi connectivity index (χ3v) is 5.56. The number of fused-ring (bicyclic) bond motifs is 1. The van der Waals surface area contributed by atoms with Gasteiger partial charge in [0, 0.05) is 17.6 Å².